The second kappa shape index (κ2) is 4.92. The van der Waals surface area contributed by atoms with Crippen molar-refractivity contribution in [3.8, 4) is 0 Å². The van der Waals surface area contributed by atoms with Crippen molar-refractivity contribution in [2.24, 2.45) is 7.05 Å². The van der Waals surface area contributed by atoms with Gasteiger partial charge in [0, 0.05) is 7.05 Å². The molecule has 0 spiro atoms. The highest BCUT2D eigenvalue weighted by Gasteiger charge is 2.10. The molecule has 1 aromatic heterocycles. The molecule has 0 radical (unpaired) electrons. The van der Waals surface area contributed by atoms with Crippen LogP contribution in [0, 0.1) is 0 Å². The maximum atomic E-state index is 11.7. The highest BCUT2D eigenvalue weighted by Crippen LogP contribution is 2.20. The molecule has 2 aromatic rings. The molecule has 1 amide bonds. The number of nitrogens with one attached hydrogen (secondary N) is 1. The quantitative estimate of drug-likeness (QED) is 0.885. The minimum absolute atomic E-state index is 0.106. The molecule has 6 nitrogen and oxygen atoms in total. The van der Waals surface area contributed by atoms with Gasteiger partial charge in [-0.15, -0.1) is 5.10 Å². The number of amides is 1. The molecule has 1 N–H and O–H groups in total. The van der Waals surface area contributed by atoms with Crippen LogP contribution in [0.4, 0.5) is 5.69 Å². The van der Waals surface area contributed by atoms with E-state index in [1.807, 2.05) is 0 Å². The molecule has 88 valence electrons. The third kappa shape index (κ3) is 2.79. The molecule has 1 heterocycles. The Morgan fingerprint density at radius 3 is 2.88 bits per heavy atom. The van der Waals surface area contributed by atoms with E-state index >= 15 is 0 Å². The zero-order valence-electron chi connectivity index (χ0n) is 9.09. The fraction of sp³-hybridized carbons (Fsp3) is 0.200. The normalized spacial score (nSPS) is 10.2. The highest BCUT2D eigenvalue weighted by atomic mass is 35.5. The second-order valence-electron chi connectivity index (χ2n) is 3.42. The van der Waals surface area contributed by atoms with Crippen molar-refractivity contribution in [2.45, 2.75) is 6.42 Å². The summed E-state index contributed by atoms with van der Waals surface area (Å²) in [5.74, 6) is 0.283. The number of nitrogens with zero attached hydrogens (tertiary/aromatic N) is 4. The van der Waals surface area contributed by atoms with E-state index in [0.717, 1.165) is 0 Å². The Kier molecular flexibility index (Phi) is 3.34. The first-order valence-electron chi connectivity index (χ1n) is 4.92. The number of hydrogen-bond acceptors (Lipinski definition) is 4. The van der Waals surface area contributed by atoms with Crippen LogP contribution >= 0.6 is 11.6 Å². The molecule has 0 aliphatic heterocycles. The van der Waals surface area contributed by atoms with E-state index < -0.39 is 0 Å². The lowest BCUT2D eigenvalue weighted by molar-refractivity contribution is -0.115. The first-order chi connectivity index (χ1) is 8.16. The van der Waals surface area contributed by atoms with Gasteiger partial charge in [0.25, 0.3) is 0 Å². The monoisotopic (exact) mass is 251 g/mol. The first kappa shape index (κ1) is 11.5. The van der Waals surface area contributed by atoms with Crippen LogP contribution in [0.1, 0.15) is 5.82 Å². The molecule has 0 bridgehead atoms. The topological polar surface area (TPSA) is 72.7 Å². The van der Waals surface area contributed by atoms with Crippen LogP contribution in [-0.2, 0) is 18.3 Å². The summed E-state index contributed by atoms with van der Waals surface area (Å²) in [6.45, 7) is 0. The molecular weight excluding hydrogens is 242 g/mol. The highest BCUT2D eigenvalue weighted by molar-refractivity contribution is 6.33. The maximum Gasteiger partial charge on any atom is 0.232 e. The van der Waals surface area contributed by atoms with E-state index in [1.54, 1.807) is 31.3 Å². The van der Waals surface area contributed by atoms with E-state index in [4.69, 9.17) is 11.6 Å². The van der Waals surface area contributed by atoms with Gasteiger partial charge in [0.2, 0.25) is 5.91 Å². The number of para-hydroxylation sites is 1. The molecule has 0 fully saturated rings. The number of carbonyl (C=O) groups excluding carboxylic acids is 1. The Hall–Kier alpha value is -1.95. The van der Waals surface area contributed by atoms with Crippen LogP contribution in [-0.4, -0.2) is 26.1 Å². The second-order valence-corrected chi connectivity index (χ2v) is 3.83. The molecule has 0 atom stereocenters. The van der Waals surface area contributed by atoms with Gasteiger partial charge >= 0.3 is 0 Å². The van der Waals surface area contributed by atoms with E-state index in [9.17, 15) is 4.79 Å². The van der Waals surface area contributed by atoms with Gasteiger partial charge in [-0.2, -0.15) is 0 Å². The molecule has 0 aliphatic carbocycles. The predicted octanol–water partition coefficient (Wildman–Crippen LogP) is 1.04. The lowest BCUT2D eigenvalue weighted by atomic mass is 10.3. The maximum absolute atomic E-state index is 11.7. The van der Waals surface area contributed by atoms with E-state index in [1.165, 1.54) is 4.68 Å². The lowest BCUT2D eigenvalue weighted by Gasteiger charge is -2.05. The van der Waals surface area contributed by atoms with Crippen LogP contribution in [0.25, 0.3) is 0 Å². The number of benzene rings is 1. The van der Waals surface area contributed by atoms with Gasteiger partial charge in [0.1, 0.15) is 0 Å². The fourth-order valence-corrected chi connectivity index (χ4v) is 1.48. The molecule has 2 rings (SSSR count). The van der Waals surface area contributed by atoms with Crippen molar-refractivity contribution >= 4 is 23.2 Å². The standard InChI is InChI=1S/C10H10ClN5O/c1-16-9(13-14-15-16)6-10(17)12-8-5-3-2-4-7(8)11/h2-5H,6H2,1H3,(H,12,17). The Bertz CT molecular complexity index is 539. The summed E-state index contributed by atoms with van der Waals surface area (Å²) >= 11 is 5.92. The van der Waals surface area contributed by atoms with Crippen LogP contribution in [0.3, 0.4) is 0 Å². The Morgan fingerprint density at radius 1 is 1.47 bits per heavy atom. The average Bonchev–Trinajstić information content (AvgIpc) is 2.68. The fourth-order valence-electron chi connectivity index (χ4n) is 1.30. The molecule has 7 heteroatoms. The molecule has 0 saturated heterocycles. The van der Waals surface area contributed by atoms with Crippen molar-refractivity contribution in [2.75, 3.05) is 5.32 Å². The lowest BCUT2D eigenvalue weighted by Crippen LogP contribution is -2.17. The van der Waals surface area contributed by atoms with Gasteiger partial charge < -0.3 is 5.32 Å². The minimum Gasteiger partial charge on any atom is -0.324 e. The Labute approximate surface area is 103 Å². The van der Waals surface area contributed by atoms with Gasteiger partial charge in [-0.25, -0.2) is 4.68 Å². The molecular formula is C10H10ClN5O. The average molecular weight is 252 g/mol. The molecule has 0 aliphatic rings. The Morgan fingerprint density at radius 2 is 2.24 bits per heavy atom. The molecule has 17 heavy (non-hydrogen) atoms. The number of hydrogen-bond donors (Lipinski definition) is 1. The van der Waals surface area contributed by atoms with Crippen LogP contribution in [0.2, 0.25) is 5.02 Å². The number of carbonyl (C=O) groups is 1. The summed E-state index contributed by atoms with van der Waals surface area (Å²) in [4.78, 5) is 11.7. The summed E-state index contributed by atoms with van der Waals surface area (Å²) in [5.41, 5.74) is 0.578. The summed E-state index contributed by atoms with van der Waals surface area (Å²) in [6, 6.07) is 7.03. The van der Waals surface area contributed by atoms with Crippen molar-refractivity contribution in [3.63, 3.8) is 0 Å². The van der Waals surface area contributed by atoms with Crippen LogP contribution < -0.4 is 5.32 Å². The summed E-state index contributed by atoms with van der Waals surface area (Å²) in [7, 11) is 1.68. The summed E-state index contributed by atoms with van der Waals surface area (Å²) in [6.07, 6.45) is 0.106. The first-order valence-corrected chi connectivity index (χ1v) is 5.30. The van der Waals surface area contributed by atoms with E-state index in [-0.39, 0.29) is 12.3 Å². The zero-order valence-corrected chi connectivity index (χ0v) is 9.85. The summed E-state index contributed by atoms with van der Waals surface area (Å²) in [5, 5.41) is 14.0. The molecule has 0 saturated carbocycles. The van der Waals surface area contributed by atoms with Gasteiger partial charge in [-0.3, -0.25) is 4.79 Å². The van der Waals surface area contributed by atoms with Crippen molar-refractivity contribution in [1.29, 1.82) is 0 Å². The largest absolute Gasteiger partial charge is 0.324 e. The van der Waals surface area contributed by atoms with Gasteiger partial charge in [-0.1, -0.05) is 23.7 Å². The van der Waals surface area contributed by atoms with Crippen LogP contribution in [0.5, 0.6) is 0 Å². The third-order valence-electron chi connectivity index (χ3n) is 2.17. The van der Waals surface area contributed by atoms with Crippen LogP contribution in [0.15, 0.2) is 24.3 Å². The minimum atomic E-state index is -0.212. The predicted molar refractivity (Wildman–Crippen MR) is 62.6 cm³/mol. The van der Waals surface area contributed by atoms with Gasteiger partial charge in [0.15, 0.2) is 5.82 Å². The third-order valence-corrected chi connectivity index (χ3v) is 2.50. The van der Waals surface area contributed by atoms with Crippen molar-refractivity contribution in [1.82, 2.24) is 20.2 Å². The molecule has 0 unspecified atom stereocenters. The number of aryl methyl sites for hydroxylation is 1. The zero-order chi connectivity index (χ0) is 12.3. The van der Waals surface area contributed by atoms with E-state index in [0.29, 0.717) is 16.5 Å². The molecule has 1 aromatic carbocycles. The number of tetrazole rings is 1. The summed E-state index contributed by atoms with van der Waals surface area (Å²) < 4.78 is 1.45. The van der Waals surface area contributed by atoms with Crippen molar-refractivity contribution < 1.29 is 4.79 Å². The number of aromatic nitrogens is 4. The SMILES string of the molecule is Cn1nnnc1CC(=O)Nc1ccccc1Cl. The number of halogens is 1. The Balaban J connectivity index is 2.03. The van der Waals surface area contributed by atoms with Gasteiger partial charge in [0.05, 0.1) is 17.1 Å². The smallest absolute Gasteiger partial charge is 0.232 e. The van der Waals surface area contributed by atoms with Gasteiger partial charge in [-0.05, 0) is 22.6 Å². The number of anilines is 1. The van der Waals surface area contributed by atoms with E-state index in [2.05, 4.69) is 20.8 Å². The number of rotatable bonds is 3. The van der Waals surface area contributed by atoms with Crippen molar-refractivity contribution in [3.05, 3.63) is 35.1 Å².